The van der Waals surface area contributed by atoms with Crippen LogP contribution in [0, 0.1) is 20.8 Å². The highest BCUT2D eigenvalue weighted by Gasteiger charge is 2.20. The normalized spacial score (nSPS) is 11.4. The average Bonchev–Trinajstić information content (AvgIpc) is 2.84. The zero-order chi connectivity index (χ0) is 14.3. The number of benzene rings is 1. The predicted molar refractivity (Wildman–Crippen MR) is 78.1 cm³/mol. The zero-order valence-corrected chi connectivity index (χ0v) is 13.1. The van der Waals surface area contributed by atoms with E-state index < -0.39 is 0 Å². The number of hydrogen-bond acceptors (Lipinski definition) is 3. The molecule has 0 aliphatic rings. The van der Waals surface area contributed by atoms with Gasteiger partial charge in [0, 0.05) is 21.5 Å². The maximum atomic E-state index is 6.31. The molecule has 19 heavy (non-hydrogen) atoms. The van der Waals surface area contributed by atoms with E-state index in [-0.39, 0.29) is 5.92 Å². The van der Waals surface area contributed by atoms with Crippen LogP contribution in [-0.2, 0) is 0 Å². The van der Waals surface area contributed by atoms with Crippen LogP contribution in [0.2, 0.25) is 10.0 Å². The molecule has 1 aromatic carbocycles. The summed E-state index contributed by atoms with van der Waals surface area (Å²) in [6, 6.07) is 0. The van der Waals surface area contributed by atoms with Crippen molar-refractivity contribution in [3.05, 3.63) is 32.6 Å². The second kappa shape index (κ2) is 5.14. The van der Waals surface area contributed by atoms with Gasteiger partial charge in [0.25, 0.3) is 0 Å². The van der Waals surface area contributed by atoms with Gasteiger partial charge in [-0.05, 0) is 37.5 Å². The first-order valence-electron chi connectivity index (χ1n) is 6.13. The lowest BCUT2D eigenvalue weighted by Crippen LogP contribution is -1.96. The molecule has 0 radical (unpaired) electrons. The van der Waals surface area contributed by atoms with Gasteiger partial charge in [-0.3, -0.25) is 0 Å². The third-order valence-corrected chi connectivity index (χ3v) is 4.36. The summed E-state index contributed by atoms with van der Waals surface area (Å²) in [7, 11) is 0. The largest absolute Gasteiger partial charge is 0.339 e. The van der Waals surface area contributed by atoms with Crippen molar-refractivity contribution in [3.63, 3.8) is 0 Å². The first-order valence-corrected chi connectivity index (χ1v) is 6.88. The SMILES string of the molecule is Cc1c(Cl)c(C)c(-c2noc(C(C)C)n2)c(C)c1Cl. The second-order valence-corrected chi connectivity index (χ2v) is 5.74. The third kappa shape index (κ3) is 2.37. The Morgan fingerprint density at radius 3 is 1.89 bits per heavy atom. The van der Waals surface area contributed by atoms with Crippen LogP contribution in [-0.4, -0.2) is 10.1 Å². The highest BCUT2D eigenvalue weighted by atomic mass is 35.5. The highest BCUT2D eigenvalue weighted by Crippen LogP contribution is 2.38. The number of hydrogen-bond donors (Lipinski definition) is 0. The van der Waals surface area contributed by atoms with E-state index in [1.165, 1.54) is 0 Å². The van der Waals surface area contributed by atoms with Crippen molar-refractivity contribution >= 4 is 23.2 Å². The van der Waals surface area contributed by atoms with E-state index in [2.05, 4.69) is 10.1 Å². The van der Waals surface area contributed by atoms with Crippen LogP contribution in [0.1, 0.15) is 42.3 Å². The Kier molecular flexibility index (Phi) is 3.88. The Bertz CT molecular complexity index is 604. The van der Waals surface area contributed by atoms with Gasteiger partial charge in [0.15, 0.2) is 0 Å². The molecule has 0 aliphatic heterocycles. The maximum Gasteiger partial charge on any atom is 0.229 e. The van der Waals surface area contributed by atoms with Gasteiger partial charge in [0.05, 0.1) is 0 Å². The minimum absolute atomic E-state index is 0.193. The van der Waals surface area contributed by atoms with Gasteiger partial charge < -0.3 is 4.52 Å². The van der Waals surface area contributed by atoms with Gasteiger partial charge in [-0.25, -0.2) is 0 Å². The van der Waals surface area contributed by atoms with Crippen molar-refractivity contribution in [1.82, 2.24) is 10.1 Å². The molecular weight excluding hydrogens is 283 g/mol. The van der Waals surface area contributed by atoms with Crippen molar-refractivity contribution in [1.29, 1.82) is 0 Å². The predicted octanol–water partition coefficient (Wildman–Crippen LogP) is 5.09. The summed E-state index contributed by atoms with van der Waals surface area (Å²) < 4.78 is 5.25. The Balaban J connectivity index is 2.68. The summed E-state index contributed by atoms with van der Waals surface area (Å²) in [6.45, 7) is 9.81. The summed E-state index contributed by atoms with van der Waals surface area (Å²) >= 11 is 12.6. The standard InChI is InChI=1S/C14H16Cl2N2O/c1-6(2)14-17-13(18-19-14)10-7(3)11(15)9(5)12(16)8(10)4/h6H,1-5H3. The summed E-state index contributed by atoms with van der Waals surface area (Å²) in [5.74, 6) is 1.35. The molecule has 0 fully saturated rings. The van der Waals surface area contributed by atoms with Crippen LogP contribution >= 0.6 is 23.2 Å². The minimum atomic E-state index is 0.193. The molecule has 0 N–H and O–H groups in total. The molecule has 0 bridgehead atoms. The quantitative estimate of drug-likeness (QED) is 0.775. The average molecular weight is 299 g/mol. The molecule has 0 aliphatic carbocycles. The molecule has 1 aromatic heterocycles. The molecule has 0 amide bonds. The zero-order valence-electron chi connectivity index (χ0n) is 11.6. The van der Waals surface area contributed by atoms with E-state index in [9.17, 15) is 0 Å². The van der Waals surface area contributed by atoms with Crippen LogP contribution in [0.15, 0.2) is 4.52 Å². The Hall–Kier alpha value is -1.06. The van der Waals surface area contributed by atoms with Gasteiger partial charge in [-0.15, -0.1) is 0 Å². The van der Waals surface area contributed by atoms with Crippen LogP contribution in [0.4, 0.5) is 0 Å². The smallest absolute Gasteiger partial charge is 0.229 e. The minimum Gasteiger partial charge on any atom is -0.339 e. The molecule has 102 valence electrons. The van der Waals surface area contributed by atoms with Crippen molar-refractivity contribution in [2.45, 2.75) is 40.5 Å². The molecule has 0 spiro atoms. The molecule has 2 aromatic rings. The molecule has 0 saturated heterocycles. The summed E-state index contributed by atoms with van der Waals surface area (Å²) in [5, 5.41) is 5.35. The Morgan fingerprint density at radius 1 is 0.947 bits per heavy atom. The number of rotatable bonds is 2. The van der Waals surface area contributed by atoms with E-state index in [1.54, 1.807) is 0 Å². The van der Waals surface area contributed by atoms with E-state index >= 15 is 0 Å². The molecule has 2 rings (SSSR count). The van der Waals surface area contributed by atoms with Crippen molar-refractivity contribution in [2.75, 3.05) is 0 Å². The van der Waals surface area contributed by atoms with E-state index in [1.807, 2.05) is 34.6 Å². The topological polar surface area (TPSA) is 38.9 Å². The fourth-order valence-corrected chi connectivity index (χ4v) is 2.49. The summed E-state index contributed by atoms with van der Waals surface area (Å²) in [5.41, 5.74) is 3.60. The van der Waals surface area contributed by atoms with Crippen molar-refractivity contribution < 1.29 is 4.52 Å². The molecule has 0 saturated carbocycles. The molecule has 0 atom stereocenters. The van der Waals surface area contributed by atoms with Gasteiger partial charge in [0.1, 0.15) is 0 Å². The van der Waals surface area contributed by atoms with E-state index in [4.69, 9.17) is 27.7 Å². The summed E-state index contributed by atoms with van der Waals surface area (Å²) in [6.07, 6.45) is 0. The molecule has 3 nitrogen and oxygen atoms in total. The third-order valence-electron chi connectivity index (χ3n) is 3.23. The summed E-state index contributed by atoms with van der Waals surface area (Å²) in [4.78, 5) is 4.42. The fraction of sp³-hybridized carbons (Fsp3) is 0.429. The van der Waals surface area contributed by atoms with Gasteiger partial charge >= 0.3 is 0 Å². The number of halogens is 2. The highest BCUT2D eigenvalue weighted by molar-refractivity contribution is 6.37. The second-order valence-electron chi connectivity index (χ2n) is 4.99. The van der Waals surface area contributed by atoms with Crippen LogP contribution < -0.4 is 0 Å². The van der Waals surface area contributed by atoms with E-state index in [0.717, 1.165) is 22.3 Å². The van der Waals surface area contributed by atoms with E-state index in [0.29, 0.717) is 21.8 Å². The van der Waals surface area contributed by atoms with Crippen LogP contribution in [0.5, 0.6) is 0 Å². The first kappa shape index (κ1) is 14.4. The fourth-order valence-electron chi connectivity index (χ4n) is 2.07. The number of nitrogens with zero attached hydrogens (tertiary/aromatic N) is 2. The van der Waals surface area contributed by atoms with Gasteiger partial charge in [-0.2, -0.15) is 4.98 Å². The lowest BCUT2D eigenvalue weighted by molar-refractivity contribution is 0.365. The molecular formula is C14H16Cl2N2O. The van der Waals surface area contributed by atoms with Gasteiger partial charge in [-0.1, -0.05) is 42.2 Å². The number of aromatic nitrogens is 2. The van der Waals surface area contributed by atoms with Gasteiger partial charge in [0.2, 0.25) is 11.7 Å². The maximum absolute atomic E-state index is 6.31. The van der Waals surface area contributed by atoms with Crippen molar-refractivity contribution in [2.24, 2.45) is 0 Å². The van der Waals surface area contributed by atoms with Crippen LogP contribution in [0.25, 0.3) is 11.4 Å². The lowest BCUT2D eigenvalue weighted by Gasteiger charge is -2.13. The molecule has 0 unspecified atom stereocenters. The first-order chi connectivity index (χ1) is 8.84. The Morgan fingerprint density at radius 2 is 1.47 bits per heavy atom. The molecule has 1 heterocycles. The van der Waals surface area contributed by atoms with Crippen molar-refractivity contribution in [3.8, 4) is 11.4 Å². The lowest BCUT2D eigenvalue weighted by atomic mass is 9.99. The van der Waals surface area contributed by atoms with Crippen LogP contribution in [0.3, 0.4) is 0 Å². The molecule has 5 heteroatoms. The Labute approximate surface area is 122 Å². The monoisotopic (exact) mass is 298 g/mol.